The van der Waals surface area contributed by atoms with E-state index in [2.05, 4.69) is 50.1 Å². The van der Waals surface area contributed by atoms with Gasteiger partial charge in [0.25, 0.3) is 0 Å². The van der Waals surface area contributed by atoms with Gasteiger partial charge in [0.15, 0.2) is 0 Å². The minimum absolute atomic E-state index is 0.725. The number of nitrogens with zero attached hydrogens (tertiary/aromatic N) is 1. The van der Waals surface area contributed by atoms with Gasteiger partial charge in [-0.05, 0) is 49.4 Å². The van der Waals surface area contributed by atoms with Crippen molar-refractivity contribution in [2.45, 2.75) is 33.1 Å². The molecule has 2 N–H and O–H groups in total. The lowest BCUT2D eigenvalue weighted by Crippen LogP contribution is -2.19. The van der Waals surface area contributed by atoms with Crippen LogP contribution in [0, 0.1) is 5.92 Å². The Morgan fingerprint density at radius 1 is 1.12 bits per heavy atom. The van der Waals surface area contributed by atoms with Crippen LogP contribution in [-0.4, -0.2) is 20.1 Å². The van der Waals surface area contributed by atoms with E-state index in [0.29, 0.717) is 0 Å². The number of rotatable bonds is 7. The lowest BCUT2D eigenvalue weighted by molar-refractivity contribution is 0.647. The molecule has 1 aromatic carbocycles. The minimum atomic E-state index is 0.725. The molecule has 0 heterocycles. The van der Waals surface area contributed by atoms with Gasteiger partial charge in [-0.15, -0.1) is 0 Å². The Kier molecular flexibility index (Phi) is 6.06. The third-order valence-corrected chi connectivity index (χ3v) is 2.97. The molecule has 2 heteroatoms. The molecule has 0 bridgehead atoms. The molecule has 0 radical (unpaired) electrons. The zero-order valence-electron chi connectivity index (χ0n) is 11.4. The molecule has 0 amide bonds. The summed E-state index contributed by atoms with van der Waals surface area (Å²) in [4.78, 5) is 2.30. The van der Waals surface area contributed by atoms with Crippen LogP contribution < -0.4 is 10.6 Å². The van der Waals surface area contributed by atoms with Crippen molar-refractivity contribution in [1.82, 2.24) is 0 Å². The Bertz CT molecular complexity index is 303. The smallest absolute Gasteiger partial charge is 0.0363 e. The van der Waals surface area contributed by atoms with Gasteiger partial charge in [0.05, 0.1) is 0 Å². The van der Waals surface area contributed by atoms with Crippen LogP contribution >= 0.6 is 0 Å². The first-order valence-electron chi connectivity index (χ1n) is 6.63. The minimum Gasteiger partial charge on any atom is -0.375 e. The summed E-state index contributed by atoms with van der Waals surface area (Å²) < 4.78 is 0. The largest absolute Gasteiger partial charge is 0.375 e. The van der Waals surface area contributed by atoms with E-state index in [1.54, 1.807) is 0 Å². The Labute approximate surface area is 106 Å². The second-order valence-corrected chi connectivity index (χ2v) is 5.18. The predicted octanol–water partition coefficient (Wildman–Crippen LogP) is 3.06. The van der Waals surface area contributed by atoms with Crippen LogP contribution in [0.4, 0.5) is 5.69 Å². The first-order valence-corrected chi connectivity index (χ1v) is 6.63. The number of hydrogen-bond acceptors (Lipinski definition) is 2. The van der Waals surface area contributed by atoms with Crippen LogP contribution in [0.2, 0.25) is 0 Å². The molecule has 0 aromatic heterocycles. The van der Waals surface area contributed by atoms with Crippen molar-refractivity contribution in [3.63, 3.8) is 0 Å². The Morgan fingerprint density at radius 3 is 2.29 bits per heavy atom. The molecular weight excluding hydrogens is 208 g/mol. The van der Waals surface area contributed by atoms with Gasteiger partial charge in [-0.25, -0.2) is 0 Å². The van der Waals surface area contributed by atoms with Gasteiger partial charge in [0.1, 0.15) is 0 Å². The van der Waals surface area contributed by atoms with E-state index in [0.717, 1.165) is 31.8 Å². The maximum Gasteiger partial charge on any atom is 0.0363 e. The van der Waals surface area contributed by atoms with E-state index < -0.39 is 0 Å². The first-order chi connectivity index (χ1) is 8.13. The fraction of sp³-hybridized carbons (Fsp3) is 0.600. The monoisotopic (exact) mass is 234 g/mol. The Balaban J connectivity index is 2.48. The zero-order chi connectivity index (χ0) is 12.7. The van der Waals surface area contributed by atoms with Crippen molar-refractivity contribution in [2.24, 2.45) is 11.7 Å². The van der Waals surface area contributed by atoms with Crippen LogP contribution in [0.5, 0.6) is 0 Å². The van der Waals surface area contributed by atoms with E-state index in [-0.39, 0.29) is 0 Å². The highest BCUT2D eigenvalue weighted by Gasteiger charge is 2.01. The fourth-order valence-electron chi connectivity index (χ4n) is 1.98. The van der Waals surface area contributed by atoms with Crippen LogP contribution in [-0.2, 0) is 6.42 Å². The van der Waals surface area contributed by atoms with E-state index in [1.807, 2.05) is 0 Å². The van der Waals surface area contributed by atoms with Gasteiger partial charge >= 0.3 is 0 Å². The van der Waals surface area contributed by atoms with Crippen molar-refractivity contribution in [1.29, 1.82) is 0 Å². The molecule has 2 nitrogen and oxygen atoms in total. The highest BCUT2D eigenvalue weighted by atomic mass is 15.1. The Hall–Kier alpha value is -1.02. The summed E-state index contributed by atoms with van der Waals surface area (Å²) in [6, 6.07) is 8.93. The third kappa shape index (κ3) is 5.22. The molecule has 0 unspecified atom stereocenters. The SMILES string of the molecule is CC(C)Cc1ccc(N(C)CCCCN)cc1. The van der Waals surface area contributed by atoms with Gasteiger partial charge in [0, 0.05) is 19.3 Å². The van der Waals surface area contributed by atoms with E-state index in [1.165, 1.54) is 17.7 Å². The zero-order valence-corrected chi connectivity index (χ0v) is 11.4. The molecule has 17 heavy (non-hydrogen) atoms. The van der Waals surface area contributed by atoms with E-state index >= 15 is 0 Å². The van der Waals surface area contributed by atoms with Gasteiger partial charge in [-0.2, -0.15) is 0 Å². The fourth-order valence-corrected chi connectivity index (χ4v) is 1.98. The summed E-state index contributed by atoms with van der Waals surface area (Å²) in [5.41, 5.74) is 8.23. The molecule has 0 fully saturated rings. The Morgan fingerprint density at radius 2 is 1.76 bits per heavy atom. The lowest BCUT2D eigenvalue weighted by Gasteiger charge is -2.19. The lowest BCUT2D eigenvalue weighted by atomic mass is 10.0. The van der Waals surface area contributed by atoms with Crippen molar-refractivity contribution < 1.29 is 0 Å². The van der Waals surface area contributed by atoms with Crippen LogP contribution in [0.3, 0.4) is 0 Å². The average molecular weight is 234 g/mol. The van der Waals surface area contributed by atoms with Crippen molar-refractivity contribution in [3.8, 4) is 0 Å². The van der Waals surface area contributed by atoms with Gasteiger partial charge in [-0.3, -0.25) is 0 Å². The summed E-state index contributed by atoms with van der Waals surface area (Å²) in [5.74, 6) is 0.725. The summed E-state index contributed by atoms with van der Waals surface area (Å²) in [7, 11) is 2.15. The molecule has 0 saturated carbocycles. The van der Waals surface area contributed by atoms with Crippen molar-refractivity contribution >= 4 is 5.69 Å². The standard InChI is InChI=1S/C15H26N2/c1-13(2)12-14-6-8-15(9-7-14)17(3)11-5-4-10-16/h6-9,13H,4-5,10-12,16H2,1-3H3. The molecule has 0 spiro atoms. The van der Waals surface area contributed by atoms with Crippen LogP contribution in [0.15, 0.2) is 24.3 Å². The van der Waals surface area contributed by atoms with E-state index in [9.17, 15) is 0 Å². The molecule has 0 saturated heterocycles. The molecule has 1 aromatic rings. The second-order valence-electron chi connectivity index (χ2n) is 5.18. The highest BCUT2D eigenvalue weighted by molar-refractivity contribution is 5.46. The van der Waals surface area contributed by atoms with Crippen molar-refractivity contribution in [3.05, 3.63) is 29.8 Å². The molecule has 1 rings (SSSR count). The number of nitrogens with two attached hydrogens (primary N) is 1. The predicted molar refractivity (Wildman–Crippen MR) is 76.5 cm³/mol. The molecule has 0 aliphatic rings. The molecule has 96 valence electrons. The normalized spacial score (nSPS) is 10.9. The number of benzene rings is 1. The molecular formula is C15H26N2. The summed E-state index contributed by atoms with van der Waals surface area (Å²) in [5, 5.41) is 0. The quantitative estimate of drug-likeness (QED) is 0.735. The molecule has 0 aliphatic carbocycles. The van der Waals surface area contributed by atoms with Gasteiger partial charge in [-0.1, -0.05) is 26.0 Å². The maximum atomic E-state index is 5.50. The van der Waals surface area contributed by atoms with E-state index in [4.69, 9.17) is 5.73 Å². The first kappa shape index (κ1) is 14.0. The number of unbranched alkanes of at least 4 members (excludes halogenated alkanes) is 1. The number of hydrogen-bond donors (Lipinski definition) is 1. The van der Waals surface area contributed by atoms with Crippen LogP contribution in [0.25, 0.3) is 0 Å². The second kappa shape index (κ2) is 7.33. The summed E-state index contributed by atoms with van der Waals surface area (Å²) in [6.07, 6.45) is 3.44. The topological polar surface area (TPSA) is 29.3 Å². The van der Waals surface area contributed by atoms with Crippen LogP contribution in [0.1, 0.15) is 32.3 Å². The molecule has 0 atom stereocenters. The third-order valence-electron chi connectivity index (χ3n) is 2.97. The average Bonchev–Trinajstić information content (AvgIpc) is 2.29. The maximum absolute atomic E-state index is 5.50. The molecule has 0 aliphatic heterocycles. The summed E-state index contributed by atoms with van der Waals surface area (Å²) >= 11 is 0. The van der Waals surface area contributed by atoms with Crippen molar-refractivity contribution in [2.75, 3.05) is 25.0 Å². The highest BCUT2D eigenvalue weighted by Crippen LogP contribution is 2.16. The summed E-state index contributed by atoms with van der Waals surface area (Å²) in [6.45, 7) is 6.39. The number of anilines is 1. The van der Waals surface area contributed by atoms with Gasteiger partial charge < -0.3 is 10.6 Å². The van der Waals surface area contributed by atoms with Gasteiger partial charge in [0.2, 0.25) is 0 Å².